The molecule has 1 aromatic carbocycles. The molecule has 1 aromatic rings. The minimum absolute atomic E-state index is 0.148. The molecule has 1 saturated carbocycles. The van der Waals surface area contributed by atoms with E-state index >= 15 is 0 Å². The zero-order valence-corrected chi connectivity index (χ0v) is 10.3. The fourth-order valence-corrected chi connectivity index (χ4v) is 2.06. The molecular weight excluding hydrogens is 214 g/mol. The number of benzene rings is 1. The SMILES string of the molecule is CC1CC1CN(C)c1ccc(C(N)=NO)cc1. The maximum atomic E-state index is 8.58. The van der Waals surface area contributed by atoms with Crippen LogP contribution in [0.15, 0.2) is 29.4 Å². The van der Waals surface area contributed by atoms with E-state index < -0.39 is 0 Å². The smallest absolute Gasteiger partial charge is 0.170 e. The molecule has 0 heterocycles. The van der Waals surface area contributed by atoms with Gasteiger partial charge in [-0.1, -0.05) is 12.1 Å². The first-order valence-corrected chi connectivity index (χ1v) is 5.91. The van der Waals surface area contributed by atoms with Gasteiger partial charge in [0.05, 0.1) is 0 Å². The van der Waals surface area contributed by atoms with E-state index in [1.54, 1.807) is 0 Å². The molecule has 17 heavy (non-hydrogen) atoms. The first-order chi connectivity index (χ1) is 8.11. The predicted molar refractivity (Wildman–Crippen MR) is 69.5 cm³/mol. The Balaban J connectivity index is 2.01. The highest BCUT2D eigenvalue weighted by Crippen LogP contribution is 2.38. The number of rotatable bonds is 4. The summed E-state index contributed by atoms with van der Waals surface area (Å²) in [6.45, 7) is 3.39. The van der Waals surface area contributed by atoms with E-state index in [-0.39, 0.29) is 5.84 Å². The van der Waals surface area contributed by atoms with Gasteiger partial charge in [0, 0.05) is 24.8 Å². The van der Waals surface area contributed by atoms with Gasteiger partial charge in [0.25, 0.3) is 0 Å². The molecule has 0 bridgehead atoms. The molecule has 0 amide bonds. The lowest BCUT2D eigenvalue weighted by atomic mass is 10.2. The molecule has 2 rings (SSSR count). The monoisotopic (exact) mass is 233 g/mol. The van der Waals surface area contributed by atoms with E-state index in [9.17, 15) is 0 Å². The van der Waals surface area contributed by atoms with Crippen molar-refractivity contribution in [3.05, 3.63) is 29.8 Å². The molecular formula is C13H19N3O. The first kappa shape index (κ1) is 11.8. The van der Waals surface area contributed by atoms with E-state index in [4.69, 9.17) is 10.9 Å². The van der Waals surface area contributed by atoms with Crippen molar-refractivity contribution in [1.82, 2.24) is 0 Å². The Bertz CT molecular complexity index is 413. The van der Waals surface area contributed by atoms with Gasteiger partial charge >= 0.3 is 0 Å². The zero-order chi connectivity index (χ0) is 12.4. The topological polar surface area (TPSA) is 61.8 Å². The van der Waals surface area contributed by atoms with E-state index in [1.807, 2.05) is 24.3 Å². The second-order valence-corrected chi connectivity index (χ2v) is 4.89. The standard InChI is InChI=1S/C13H19N3O/c1-9-7-11(9)8-16(2)12-5-3-10(4-6-12)13(14)15-17/h3-6,9,11,17H,7-8H2,1-2H3,(H2,14,15). The zero-order valence-electron chi connectivity index (χ0n) is 10.3. The average Bonchev–Trinajstić information content (AvgIpc) is 3.04. The molecule has 1 fully saturated rings. The molecule has 0 aliphatic heterocycles. The van der Waals surface area contributed by atoms with Crippen LogP contribution in [0, 0.1) is 11.8 Å². The molecule has 0 aromatic heterocycles. The quantitative estimate of drug-likeness (QED) is 0.361. The lowest BCUT2D eigenvalue weighted by Gasteiger charge is -2.19. The highest BCUT2D eigenvalue weighted by atomic mass is 16.4. The number of nitrogens with two attached hydrogens (primary N) is 1. The van der Waals surface area contributed by atoms with Gasteiger partial charge in [-0.25, -0.2) is 0 Å². The minimum atomic E-state index is 0.148. The van der Waals surface area contributed by atoms with E-state index in [2.05, 4.69) is 24.0 Å². The van der Waals surface area contributed by atoms with Crippen LogP contribution in [0.2, 0.25) is 0 Å². The first-order valence-electron chi connectivity index (χ1n) is 5.91. The highest BCUT2D eigenvalue weighted by Gasteiger charge is 2.33. The summed E-state index contributed by atoms with van der Waals surface area (Å²) >= 11 is 0. The van der Waals surface area contributed by atoms with Crippen LogP contribution in [0.1, 0.15) is 18.9 Å². The number of amidine groups is 1. The van der Waals surface area contributed by atoms with Crippen LogP contribution in [-0.4, -0.2) is 24.6 Å². The van der Waals surface area contributed by atoms with Crippen LogP contribution in [0.5, 0.6) is 0 Å². The van der Waals surface area contributed by atoms with Gasteiger partial charge in [0.1, 0.15) is 0 Å². The van der Waals surface area contributed by atoms with Crippen molar-refractivity contribution in [2.75, 3.05) is 18.5 Å². The molecule has 4 nitrogen and oxygen atoms in total. The summed E-state index contributed by atoms with van der Waals surface area (Å²) < 4.78 is 0. The average molecular weight is 233 g/mol. The number of nitrogens with zero attached hydrogens (tertiary/aromatic N) is 2. The number of hydrogen-bond acceptors (Lipinski definition) is 3. The molecule has 0 spiro atoms. The Morgan fingerprint density at radius 2 is 2.06 bits per heavy atom. The van der Waals surface area contributed by atoms with Crippen LogP contribution in [-0.2, 0) is 0 Å². The third-order valence-corrected chi connectivity index (χ3v) is 3.50. The summed E-state index contributed by atoms with van der Waals surface area (Å²) in [5.74, 6) is 1.85. The number of anilines is 1. The molecule has 1 aliphatic rings. The second kappa shape index (κ2) is 4.65. The molecule has 92 valence electrons. The third kappa shape index (κ3) is 2.70. The van der Waals surface area contributed by atoms with Gasteiger partial charge in [-0.05, 0) is 42.5 Å². The Kier molecular flexibility index (Phi) is 3.22. The van der Waals surface area contributed by atoms with Crippen LogP contribution >= 0.6 is 0 Å². The third-order valence-electron chi connectivity index (χ3n) is 3.50. The van der Waals surface area contributed by atoms with E-state index in [1.165, 1.54) is 12.1 Å². The van der Waals surface area contributed by atoms with Crippen molar-refractivity contribution in [1.29, 1.82) is 0 Å². The molecule has 4 heteroatoms. The lowest BCUT2D eigenvalue weighted by molar-refractivity contribution is 0.318. The van der Waals surface area contributed by atoms with Crippen LogP contribution < -0.4 is 10.6 Å². The van der Waals surface area contributed by atoms with Gasteiger partial charge in [-0.2, -0.15) is 0 Å². The second-order valence-electron chi connectivity index (χ2n) is 4.89. The van der Waals surface area contributed by atoms with E-state index in [0.29, 0.717) is 0 Å². The molecule has 0 radical (unpaired) electrons. The minimum Gasteiger partial charge on any atom is -0.409 e. The Labute approximate surface area is 102 Å². The van der Waals surface area contributed by atoms with Crippen molar-refractivity contribution < 1.29 is 5.21 Å². The van der Waals surface area contributed by atoms with Crippen LogP contribution in [0.3, 0.4) is 0 Å². The summed E-state index contributed by atoms with van der Waals surface area (Å²) in [6.07, 6.45) is 1.34. The Morgan fingerprint density at radius 3 is 2.53 bits per heavy atom. The Morgan fingerprint density at radius 1 is 1.47 bits per heavy atom. The summed E-state index contributed by atoms with van der Waals surface area (Å²) in [7, 11) is 2.10. The highest BCUT2D eigenvalue weighted by molar-refractivity contribution is 5.97. The summed E-state index contributed by atoms with van der Waals surface area (Å²) in [5, 5.41) is 11.6. The van der Waals surface area contributed by atoms with E-state index in [0.717, 1.165) is 23.9 Å². The fourth-order valence-electron chi connectivity index (χ4n) is 2.06. The molecule has 2 unspecified atom stereocenters. The summed E-state index contributed by atoms with van der Waals surface area (Å²) in [6, 6.07) is 7.75. The lowest BCUT2D eigenvalue weighted by Crippen LogP contribution is -2.20. The molecule has 1 aliphatic carbocycles. The Hall–Kier alpha value is -1.71. The van der Waals surface area contributed by atoms with Gasteiger partial charge in [0.15, 0.2) is 5.84 Å². The van der Waals surface area contributed by atoms with Gasteiger partial charge in [0.2, 0.25) is 0 Å². The van der Waals surface area contributed by atoms with Gasteiger partial charge in [-0.3, -0.25) is 0 Å². The van der Waals surface area contributed by atoms with Gasteiger partial charge in [-0.15, -0.1) is 0 Å². The number of oxime groups is 1. The van der Waals surface area contributed by atoms with Crippen molar-refractivity contribution in [3.8, 4) is 0 Å². The fraction of sp³-hybridized carbons (Fsp3) is 0.462. The molecule has 2 atom stereocenters. The van der Waals surface area contributed by atoms with Crippen molar-refractivity contribution in [2.24, 2.45) is 22.7 Å². The predicted octanol–water partition coefficient (Wildman–Crippen LogP) is 1.87. The van der Waals surface area contributed by atoms with Crippen molar-refractivity contribution >= 4 is 11.5 Å². The normalized spacial score (nSPS) is 23.5. The maximum absolute atomic E-state index is 8.58. The molecule has 0 saturated heterocycles. The maximum Gasteiger partial charge on any atom is 0.170 e. The van der Waals surface area contributed by atoms with Crippen LogP contribution in [0.4, 0.5) is 5.69 Å². The van der Waals surface area contributed by atoms with Gasteiger partial charge < -0.3 is 15.8 Å². The summed E-state index contributed by atoms with van der Waals surface area (Å²) in [4.78, 5) is 2.25. The van der Waals surface area contributed by atoms with Crippen LogP contribution in [0.25, 0.3) is 0 Å². The van der Waals surface area contributed by atoms with Crippen molar-refractivity contribution in [3.63, 3.8) is 0 Å². The summed E-state index contributed by atoms with van der Waals surface area (Å²) in [5.41, 5.74) is 7.42. The van der Waals surface area contributed by atoms with Crippen molar-refractivity contribution in [2.45, 2.75) is 13.3 Å². The largest absolute Gasteiger partial charge is 0.409 e. The molecule has 3 N–H and O–H groups in total. The number of hydrogen-bond donors (Lipinski definition) is 2.